The number of thioether (sulfide) groups is 1. The van der Waals surface area contributed by atoms with Crippen LogP contribution in [0.4, 0.5) is 11.5 Å². The number of carbonyl (C=O) groups excluding carboxylic acids is 1. The van der Waals surface area contributed by atoms with E-state index in [1.807, 2.05) is 49.4 Å². The van der Waals surface area contributed by atoms with Crippen LogP contribution >= 0.6 is 11.8 Å². The minimum Gasteiger partial charge on any atom is -0.493 e. The monoisotopic (exact) mass is 546 g/mol. The molecule has 0 spiro atoms. The van der Waals surface area contributed by atoms with Gasteiger partial charge in [-0.3, -0.25) is 4.79 Å². The summed E-state index contributed by atoms with van der Waals surface area (Å²) in [6.07, 6.45) is 1.37. The maximum atomic E-state index is 13.1. The van der Waals surface area contributed by atoms with Crippen LogP contribution in [-0.4, -0.2) is 48.7 Å². The normalized spacial score (nSPS) is 12.7. The topological polar surface area (TPSA) is 104 Å². The van der Waals surface area contributed by atoms with Crippen molar-refractivity contribution in [3.8, 4) is 23.0 Å². The number of benzene rings is 3. The van der Waals surface area contributed by atoms with E-state index >= 15 is 0 Å². The van der Waals surface area contributed by atoms with Gasteiger partial charge in [-0.1, -0.05) is 36.9 Å². The van der Waals surface area contributed by atoms with Crippen molar-refractivity contribution in [1.82, 2.24) is 9.97 Å². The van der Waals surface area contributed by atoms with E-state index in [4.69, 9.17) is 28.9 Å². The minimum absolute atomic E-state index is 0.124. The molecule has 0 bridgehead atoms. The highest BCUT2D eigenvalue weighted by molar-refractivity contribution is 8.00. The van der Waals surface area contributed by atoms with Crippen LogP contribution < -0.4 is 29.6 Å². The zero-order valence-corrected chi connectivity index (χ0v) is 22.8. The SMILES string of the molecule is CC[C@H](Sc1nc(NCCc2ccc(OC)c(OC)c2)c2ccccc2n1)C(=O)Nc1ccc2c(c1)OCO2. The molecule has 10 heteroatoms. The van der Waals surface area contributed by atoms with Gasteiger partial charge in [0.25, 0.3) is 0 Å². The van der Waals surface area contributed by atoms with Crippen molar-refractivity contribution in [2.45, 2.75) is 30.2 Å². The largest absolute Gasteiger partial charge is 0.493 e. The first-order chi connectivity index (χ1) is 19.1. The molecular formula is C29H30N4O5S. The third-order valence-corrected chi connectivity index (χ3v) is 7.51. The Labute approximate surface area is 231 Å². The molecule has 39 heavy (non-hydrogen) atoms. The zero-order chi connectivity index (χ0) is 27.2. The molecule has 0 unspecified atom stereocenters. The average Bonchev–Trinajstić information content (AvgIpc) is 3.43. The molecule has 1 atom stereocenters. The number of nitrogens with one attached hydrogen (secondary N) is 2. The molecule has 2 heterocycles. The zero-order valence-electron chi connectivity index (χ0n) is 22.0. The molecule has 0 fully saturated rings. The van der Waals surface area contributed by atoms with Crippen LogP contribution in [0.15, 0.2) is 65.8 Å². The molecule has 1 amide bonds. The van der Waals surface area contributed by atoms with Gasteiger partial charge >= 0.3 is 0 Å². The number of hydrogen-bond donors (Lipinski definition) is 2. The third-order valence-electron chi connectivity index (χ3n) is 6.29. The van der Waals surface area contributed by atoms with Crippen molar-refractivity contribution in [1.29, 1.82) is 0 Å². The molecule has 202 valence electrons. The van der Waals surface area contributed by atoms with Crippen molar-refractivity contribution in [2.75, 3.05) is 38.2 Å². The van der Waals surface area contributed by atoms with Crippen LogP contribution in [0.25, 0.3) is 10.9 Å². The third kappa shape index (κ3) is 6.12. The van der Waals surface area contributed by atoms with E-state index in [-0.39, 0.29) is 18.0 Å². The second-order valence-corrected chi connectivity index (χ2v) is 9.98. The van der Waals surface area contributed by atoms with Gasteiger partial charge in [0.2, 0.25) is 12.7 Å². The maximum absolute atomic E-state index is 13.1. The van der Waals surface area contributed by atoms with E-state index in [9.17, 15) is 4.79 Å². The van der Waals surface area contributed by atoms with E-state index in [0.29, 0.717) is 46.8 Å². The summed E-state index contributed by atoms with van der Waals surface area (Å²) in [5.74, 6) is 3.30. The predicted octanol–water partition coefficient (Wildman–Crippen LogP) is 5.54. The fourth-order valence-corrected chi connectivity index (χ4v) is 5.13. The van der Waals surface area contributed by atoms with Crippen LogP contribution in [0.1, 0.15) is 18.9 Å². The molecule has 0 radical (unpaired) electrons. The van der Waals surface area contributed by atoms with Crippen molar-refractivity contribution >= 4 is 40.1 Å². The number of amides is 1. The summed E-state index contributed by atoms with van der Waals surface area (Å²) < 4.78 is 21.5. The Morgan fingerprint density at radius 1 is 1.00 bits per heavy atom. The van der Waals surface area contributed by atoms with Crippen LogP contribution in [0, 0.1) is 0 Å². The van der Waals surface area contributed by atoms with Crippen molar-refractivity contribution < 1.29 is 23.7 Å². The Hall–Kier alpha value is -4.18. The van der Waals surface area contributed by atoms with E-state index in [2.05, 4.69) is 10.6 Å². The number of ether oxygens (including phenoxy) is 4. The highest BCUT2D eigenvalue weighted by Gasteiger charge is 2.22. The first kappa shape index (κ1) is 26.4. The number of nitrogens with zero attached hydrogens (tertiary/aromatic N) is 2. The lowest BCUT2D eigenvalue weighted by atomic mass is 10.1. The second-order valence-electron chi connectivity index (χ2n) is 8.81. The number of methoxy groups -OCH3 is 2. The van der Waals surface area contributed by atoms with Gasteiger partial charge in [0.15, 0.2) is 28.2 Å². The molecule has 5 rings (SSSR count). The average molecular weight is 547 g/mol. The standard InChI is InChI=1S/C29H30N4O5S/c1-4-26(28(34)31-19-10-12-23-25(16-19)38-17-37-23)39-29-32-21-8-6-5-7-20(21)27(33-29)30-14-13-18-9-11-22(35-2)24(15-18)36-3/h5-12,15-16,26H,4,13-14,17H2,1-3H3,(H,31,34)(H,30,32,33)/t26-/m0/s1. The first-order valence-electron chi connectivity index (χ1n) is 12.7. The molecular weight excluding hydrogens is 516 g/mol. The number of para-hydroxylation sites is 1. The lowest BCUT2D eigenvalue weighted by Gasteiger charge is -2.16. The Kier molecular flexibility index (Phi) is 8.21. The quantitative estimate of drug-likeness (QED) is 0.185. The van der Waals surface area contributed by atoms with Gasteiger partial charge < -0.3 is 29.6 Å². The van der Waals surface area contributed by atoms with Gasteiger partial charge in [-0.25, -0.2) is 9.97 Å². The molecule has 3 aromatic carbocycles. The molecule has 0 aliphatic carbocycles. The van der Waals surface area contributed by atoms with Crippen LogP contribution in [0.2, 0.25) is 0 Å². The number of rotatable bonds is 11. The van der Waals surface area contributed by atoms with E-state index < -0.39 is 0 Å². The molecule has 0 saturated carbocycles. The predicted molar refractivity (Wildman–Crippen MR) is 152 cm³/mol. The molecule has 1 aliphatic rings. The second kappa shape index (κ2) is 12.1. The van der Waals surface area contributed by atoms with Gasteiger partial charge in [-0.15, -0.1) is 0 Å². The summed E-state index contributed by atoms with van der Waals surface area (Å²) in [5, 5.41) is 7.52. The number of aromatic nitrogens is 2. The summed E-state index contributed by atoms with van der Waals surface area (Å²) in [4.78, 5) is 22.7. The lowest BCUT2D eigenvalue weighted by Crippen LogP contribution is -2.25. The van der Waals surface area contributed by atoms with Gasteiger partial charge in [-0.2, -0.15) is 0 Å². The highest BCUT2D eigenvalue weighted by Crippen LogP contribution is 2.35. The summed E-state index contributed by atoms with van der Waals surface area (Å²) in [6, 6.07) is 19.1. The maximum Gasteiger partial charge on any atom is 0.237 e. The van der Waals surface area contributed by atoms with Gasteiger partial charge in [0.05, 0.1) is 25.0 Å². The first-order valence-corrected chi connectivity index (χ1v) is 13.5. The molecule has 4 aromatic rings. The van der Waals surface area contributed by atoms with Crippen molar-refractivity contribution in [3.63, 3.8) is 0 Å². The van der Waals surface area contributed by atoms with Crippen LogP contribution in [0.5, 0.6) is 23.0 Å². The summed E-state index contributed by atoms with van der Waals surface area (Å²) >= 11 is 1.35. The Morgan fingerprint density at radius 3 is 2.64 bits per heavy atom. The fourth-order valence-electron chi connectivity index (χ4n) is 4.25. The summed E-state index contributed by atoms with van der Waals surface area (Å²) in [6.45, 7) is 2.81. The highest BCUT2D eigenvalue weighted by atomic mass is 32.2. The molecule has 2 N–H and O–H groups in total. The minimum atomic E-state index is -0.379. The summed E-state index contributed by atoms with van der Waals surface area (Å²) in [7, 11) is 3.25. The Balaban J connectivity index is 1.29. The number of anilines is 2. The lowest BCUT2D eigenvalue weighted by molar-refractivity contribution is -0.115. The van der Waals surface area contributed by atoms with Crippen LogP contribution in [0.3, 0.4) is 0 Å². The fraction of sp³-hybridized carbons (Fsp3) is 0.276. The van der Waals surface area contributed by atoms with Crippen molar-refractivity contribution in [2.24, 2.45) is 0 Å². The van der Waals surface area contributed by atoms with Crippen molar-refractivity contribution in [3.05, 3.63) is 66.2 Å². The smallest absolute Gasteiger partial charge is 0.237 e. The molecule has 1 aromatic heterocycles. The summed E-state index contributed by atoms with van der Waals surface area (Å²) in [5.41, 5.74) is 2.58. The van der Waals surface area contributed by atoms with E-state index in [0.717, 1.165) is 28.7 Å². The van der Waals surface area contributed by atoms with Crippen LogP contribution in [-0.2, 0) is 11.2 Å². The van der Waals surface area contributed by atoms with E-state index in [1.54, 1.807) is 32.4 Å². The number of fused-ring (bicyclic) bond motifs is 2. The molecule has 0 saturated heterocycles. The Bertz CT molecular complexity index is 1480. The number of hydrogen-bond acceptors (Lipinski definition) is 9. The van der Waals surface area contributed by atoms with Gasteiger partial charge in [0, 0.05) is 23.7 Å². The van der Waals surface area contributed by atoms with Gasteiger partial charge in [0.1, 0.15) is 5.82 Å². The molecule has 9 nitrogen and oxygen atoms in total. The Morgan fingerprint density at radius 2 is 1.82 bits per heavy atom. The van der Waals surface area contributed by atoms with Gasteiger partial charge in [-0.05, 0) is 54.8 Å². The molecule has 1 aliphatic heterocycles. The number of carbonyl (C=O) groups is 1. The van der Waals surface area contributed by atoms with E-state index in [1.165, 1.54) is 11.8 Å².